The highest BCUT2D eigenvalue weighted by atomic mass is 15.4. The summed E-state index contributed by atoms with van der Waals surface area (Å²) in [5.74, 6) is 1.06. The number of nitrogens with two attached hydrogens (primary N) is 1. The third-order valence-electron chi connectivity index (χ3n) is 4.41. The Kier molecular flexibility index (Phi) is 4.43. The van der Waals surface area contributed by atoms with Crippen molar-refractivity contribution in [1.29, 1.82) is 0 Å². The lowest BCUT2D eigenvalue weighted by Crippen LogP contribution is -2.24. The summed E-state index contributed by atoms with van der Waals surface area (Å²) in [5.41, 5.74) is 9.42. The van der Waals surface area contributed by atoms with Crippen LogP contribution in [0.25, 0.3) is 22.3 Å². The van der Waals surface area contributed by atoms with Crippen molar-refractivity contribution in [2.75, 3.05) is 11.1 Å². The van der Waals surface area contributed by atoms with Gasteiger partial charge in [-0.3, -0.25) is 4.98 Å². The Labute approximate surface area is 163 Å². The molecule has 0 saturated heterocycles. The van der Waals surface area contributed by atoms with Gasteiger partial charge in [-0.15, -0.1) is 5.10 Å². The number of pyridine rings is 1. The molecular formula is C21H23N7. The number of hydrogen-bond donors (Lipinski definition) is 2. The first-order valence-electron chi connectivity index (χ1n) is 9.19. The first-order chi connectivity index (χ1) is 13.4. The van der Waals surface area contributed by atoms with E-state index in [1.54, 1.807) is 10.9 Å². The summed E-state index contributed by atoms with van der Waals surface area (Å²) in [4.78, 5) is 13.7. The topological polar surface area (TPSA) is 94.5 Å². The zero-order valence-electron chi connectivity index (χ0n) is 16.2. The summed E-state index contributed by atoms with van der Waals surface area (Å²) in [5, 5.41) is 8.69. The summed E-state index contributed by atoms with van der Waals surface area (Å²) in [6, 6.07) is 15.8. The Hall–Kier alpha value is -3.48. The van der Waals surface area contributed by atoms with Gasteiger partial charge in [0.15, 0.2) is 5.65 Å². The molecule has 0 amide bonds. The number of nitrogen functional groups attached to an aromatic ring is 1. The molecule has 0 atom stereocenters. The molecule has 28 heavy (non-hydrogen) atoms. The SMILES string of the molecule is CC(C)(C)n1nc2nc(NCc3ccccn3)nc(-c3ccccc3)c2c1N. The minimum absolute atomic E-state index is 0.264. The molecule has 0 unspecified atom stereocenters. The molecule has 142 valence electrons. The van der Waals surface area contributed by atoms with Crippen LogP contribution in [0.3, 0.4) is 0 Å². The molecule has 0 radical (unpaired) electrons. The van der Waals surface area contributed by atoms with E-state index in [9.17, 15) is 0 Å². The highest BCUT2D eigenvalue weighted by Gasteiger charge is 2.24. The van der Waals surface area contributed by atoms with E-state index in [2.05, 4.69) is 41.2 Å². The first-order valence-corrected chi connectivity index (χ1v) is 9.19. The van der Waals surface area contributed by atoms with Gasteiger partial charge >= 0.3 is 0 Å². The molecule has 0 aliphatic rings. The second-order valence-electron chi connectivity index (χ2n) is 7.60. The first kappa shape index (κ1) is 17.9. The Balaban J connectivity index is 1.84. The van der Waals surface area contributed by atoms with E-state index in [0.717, 1.165) is 22.3 Å². The van der Waals surface area contributed by atoms with Gasteiger partial charge in [0, 0.05) is 11.8 Å². The normalized spacial score (nSPS) is 11.7. The maximum absolute atomic E-state index is 6.47. The number of hydrogen-bond acceptors (Lipinski definition) is 6. The second kappa shape index (κ2) is 6.92. The smallest absolute Gasteiger partial charge is 0.225 e. The van der Waals surface area contributed by atoms with Gasteiger partial charge in [-0.25, -0.2) is 9.67 Å². The summed E-state index contributed by atoms with van der Waals surface area (Å²) >= 11 is 0. The van der Waals surface area contributed by atoms with Gasteiger partial charge in [0.2, 0.25) is 5.95 Å². The van der Waals surface area contributed by atoms with Crippen LogP contribution in [0.1, 0.15) is 26.5 Å². The number of anilines is 2. The molecule has 0 fully saturated rings. The standard InChI is InChI=1S/C21H23N7/c1-21(2,3)28-18(22)16-17(14-9-5-4-6-10-14)25-20(26-19(16)27-28)24-13-15-11-7-8-12-23-15/h4-12H,13,22H2,1-3H3,(H,24,26,27). The lowest BCUT2D eigenvalue weighted by molar-refractivity contribution is 0.364. The van der Waals surface area contributed by atoms with E-state index in [1.165, 1.54) is 0 Å². The average Bonchev–Trinajstić information content (AvgIpc) is 3.04. The van der Waals surface area contributed by atoms with Gasteiger partial charge in [0.25, 0.3) is 0 Å². The Morgan fingerprint density at radius 2 is 1.75 bits per heavy atom. The summed E-state index contributed by atoms with van der Waals surface area (Å²) in [6.07, 6.45) is 1.77. The van der Waals surface area contributed by atoms with Crippen molar-refractivity contribution in [1.82, 2.24) is 24.7 Å². The number of nitrogens with zero attached hydrogens (tertiary/aromatic N) is 5. The summed E-state index contributed by atoms with van der Waals surface area (Å²) in [7, 11) is 0. The van der Waals surface area contributed by atoms with E-state index in [1.807, 2.05) is 48.5 Å². The van der Waals surface area contributed by atoms with Gasteiger partial charge in [-0.2, -0.15) is 4.98 Å². The van der Waals surface area contributed by atoms with Gasteiger partial charge in [-0.1, -0.05) is 36.4 Å². The van der Waals surface area contributed by atoms with Crippen molar-refractivity contribution < 1.29 is 0 Å². The molecule has 7 nitrogen and oxygen atoms in total. The monoisotopic (exact) mass is 373 g/mol. The van der Waals surface area contributed by atoms with Crippen LogP contribution in [-0.4, -0.2) is 24.7 Å². The maximum Gasteiger partial charge on any atom is 0.225 e. The fourth-order valence-corrected chi connectivity index (χ4v) is 3.08. The van der Waals surface area contributed by atoms with Gasteiger partial charge in [0.1, 0.15) is 5.82 Å². The van der Waals surface area contributed by atoms with Crippen molar-refractivity contribution in [3.05, 3.63) is 60.4 Å². The Morgan fingerprint density at radius 1 is 1.00 bits per heavy atom. The van der Waals surface area contributed by atoms with Crippen LogP contribution in [0.15, 0.2) is 54.7 Å². The average molecular weight is 373 g/mol. The van der Waals surface area contributed by atoms with E-state index < -0.39 is 0 Å². The maximum atomic E-state index is 6.47. The predicted molar refractivity (Wildman–Crippen MR) is 112 cm³/mol. The molecule has 4 aromatic rings. The van der Waals surface area contributed by atoms with Crippen molar-refractivity contribution in [3.63, 3.8) is 0 Å². The van der Waals surface area contributed by atoms with Crippen LogP contribution in [0.2, 0.25) is 0 Å². The molecule has 3 N–H and O–H groups in total. The van der Waals surface area contributed by atoms with Crippen molar-refractivity contribution >= 4 is 22.8 Å². The molecule has 0 spiro atoms. The molecule has 1 aromatic carbocycles. The molecule has 7 heteroatoms. The largest absolute Gasteiger partial charge is 0.383 e. The van der Waals surface area contributed by atoms with E-state index in [4.69, 9.17) is 10.7 Å². The number of rotatable bonds is 4. The lowest BCUT2D eigenvalue weighted by Gasteiger charge is -2.20. The number of fused-ring (bicyclic) bond motifs is 1. The Morgan fingerprint density at radius 3 is 2.43 bits per heavy atom. The molecule has 0 bridgehead atoms. The van der Waals surface area contributed by atoms with Gasteiger partial charge in [-0.05, 0) is 32.9 Å². The van der Waals surface area contributed by atoms with Crippen LogP contribution in [0.4, 0.5) is 11.8 Å². The molecule has 0 saturated carbocycles. The highest BCUT2D eigenvalue weighted by molar-refractivity contribution is 5.99. The highest BCUT2D eigenvalue weighted by Crippen LogP contribution is 2.33. The predicted octanol–water partition coefficient (Wildman–Crippen LogP) is 3.84. The molecule has 0 aliphatic carbocycles. The van der Waals surface area contributed by atoms with Gasteiger partial charge in [0.05, 0.1) is 28.9 Å². The van der Waals surface area contributed by atoms with E-state index >= 15 is 0 Å². The third kappa shape index (κ3) is 3.38. The second-order valence-corrected chi connectivity index (χ2v) is 7.60. The fraction of sp³-hybridized carbons (Fsp3) is 0.238. The Bertz CT molecular complexity index is 1100. The van der Waals surface area contributed by atoms with Crippen molar-refractivity contribution in [2.45, 2.75) is 32.9 Å². The number of benzene rings is 1. The van der Waals surface area contributed by atoms with E-state index in [0.29, 0.717) is 24.0 Å². The molecule has 4 rings (SSSR count). The minimum Gasteiger partial charge on any atom is -0.383 e. The molecule has 0 aliphatic heterocycles. The van der Waals surface area contributed by atoms with Crippen LogP contribution in [-0.2, 0) is 12.1 Å². The quantitative estimate of drug-likeness (QED) is 0.564. The molecule has 3 heterocycles. The zero-order valence-corrected chi connectivity index (χ0v) is 16.2. The van der Waals surface area contributed by atoms with Crippen molar-refractivity contribution in [3.8, 4) is 11.3 Å². The molecular weight excluding hydrogens is 350 g/mol. The van der Waals surface area contributed by atoms with Crippen LogP contribution in [0, 0.1) is 0 Å². The number of nitrogens with one attached hydrogen (secondary N) is 1. The summed E-state index contributed by atoms with van der Waals surface area (Å²) in [6.45, 7) is 6.71. The van der Waals surface area contributed by atoms with Crippen LogP contribution in [0.5, 0.6) is 0 Å². The zero-order chi connectivity index (χ0) is 19.7. The van der Waals surface area contributed by atoms with Gasteiger partial charge < -0.3 is 11.1 Å². The molecule has 3 aromatic heterocycles. The van der Waals surface area contributed by atoms with Crippen LogP contribution >= 0.6 is 0 Å². The lowest BCUT2D eigenvalue weighted by atomic mass is 10.1. The van der Waals surface area contributed by atoms with E-state index in [-0.39, 0.29) is 5.54 Å². The fourth-order valence-electron chi connectivity index (χ4n) is 3.08. The number of aromatic nitrogens is 5. The van der Waals surface area contributed by atoms with Crippen molar-refractivity contribution in [2.24, 2.45) is 0 Å². The summed E-state index contributed by atoms with van der Waals surface area (Å²) < 4.78 is 1.81. The third-order valence-corrected chi connectivity index (χ3v) is 4.41. The van der Waals surface area contributed by atoms with Crippen LogP contribution < -0.4 is 11.1 Å². The minimum atomic E-state index is -0.264.